The third-order valence-electron chi connectivity index (χ3n) is 3.66. The van der Waals surface area contributed by atoms with E-state index in [0.29, 0.717) is 0 Å². The molecule has 0 unspecified atom stereocenters. The third kappa shape index (κ3) is 1.70. The first-order valence-electron chi connectivity index (χ1n) is 6.22. The summed E-state index contributed by atoms with van der Waals surface area (Å²) >= 11 is 0. The van der Waals surface area contributed by atoms with E-state index >= 15 is 0 Å². The SMILES string of the molecule is CCn1cc(C(C)(C)C(=O)O)c2c(C)cccc21. The molecule has 1 N–H and O–H groups in total. The summed E-state index contributed by atoms with van der Waals surface area (Å²) in [6, 6.07) is 6.10. The Kier molecular flexibility index (Phi) is 2.93. The molecule has 1 heterocycles. The topological polar surface area (TPSA) is 42.2 Å². The van der Waals surface area contributed by atoms with Gasteiger partial charge < -0.3 is 9.67 Å². The van der Waals surface area contributed by atoms with Crippen LogP contribution in [0.25, 0.3) is 10.9 Å². The molecule has 0 saturated carbocycles. The average Bonchev–Trinajstić information content (AvgIpc) is 2.69. The highest BCUT2D eigenvalue weighted by molar-refractivity contribution is 5.93. The van der Waals surface area contributed by atoms with Gasteiger partial charge in [-0.3, -0.25) is 4.79 Å². The van der Waals surface area contributed by atoms with Gasteiger partial charge in [0.05, 0.1) is 5.41 Å². The lowest BCUT2D eigenvalue weighted by atomic mass is 9.84. The van der Waals surface area contributed by atoms with Crippen LogP contribution in [0.3, 0.4) is 0 Å². The van der Waals surface area contributed by atoms with E-state index in [1.165, 1.54) is 0 Å². The number of carbonyl (C=O) groups is 1. The number of nitrogens with zero attached hydrogens (tertiary/aromatic N) is 1. The van der Waals surface area contributed by atoms with Crippen LogP contribution >= 0.6 is 0 Å². The molecule has 1 aromatic carbocycles. The molecule has 0 atom stereocenters. The number of carboxylic acids is 1. The lowest BCUT2D eigenvalue weighted by Gasteiger charge is -2.19. The second-order valence-electron chi connectivity index (χ2n) is 5.23. The fraction of sp³-hybridized carbons (Fsp3) is 0.400. The summed E-state index contributed by atoms with van der Waals surface area (Å²) in [6.07, 6.45) is 1.98. The van der Waals surface area contributed by atoms with Crippen molar-refractivity contribution in [2.24, 2.45) is 0 Å². The van der Waals surface area contributed by atoms with Gasteiger partial charge in [0, 0.05) is 23.6 Å². The van der Waals surface area contributed by atoms with Crippen molar-refractivity contribution < 1.29 is 9.90 Å². The van der Waals surface area contributed by atoms with Gasteiger partial charge in [0.25, 0.3) is 0 Å². The highest BCUT2D eigenvalue weighted by Gasteiger charge is 2.33. The number of aryl methyl sites for hydroxylation is 2. The minimum atomic E-state index is -0.870. The van der Waals surface area contributed by atoms with Crippen molar-refractivity contribution >= 4 is 16.9 Å². The number of hydrogen-bond donors (Lipinski definition) is 1. The van der Waals surface area contributed by atoms with Crippen LogP contribution in [0.5, 0.6) is 0 Å². The van der Waals surface area contributed by atoms with Crippen molar-refractivity contribution in [3.63, 3.8) is 0 Å². The van der Waals surface area contributed by atoms with Gasteiger partial charge in [-0.05, 0) is 44.9 Å². The van der Waals surface area contributed by atoms with E-state index < -0.39 is 11.4 Å². The number of rotatable bonds is 3. The van der Waals surface area contributed by atoms with Crippen molar-refractivity contribution in [3.8, 4) is 0 Å². The first-order valence-corrected chi connectivity index (χ1v) is 6.22. The summed E-state index contributed by atoms with van der Waals surface area (Å²) in [5.74, 6) is -0.791. The molecule has 96 valence electrons. The minimum Gasteiger partial charge on any atom is -0.481 e. The van der Waals surface area contributed by atoms with E-state index in [9.17, 15) is 9.90 Å². The van der Waals surface area contributed by atoms with Crippen molar-refractivity contribution in [3.05, 3.63) is 35.5 Å². The zero-order valence-electron chi connectivity index (χ0n) is 11.3. The molecule has 0 fully saturated rings. The van der Waals surface area contributed by atoms with Crippen molar-refractivity contribution in [2.75, 3.05) is 0 Å². The van der Waals surface area contributed by atoms with Crippen LogP contribution in [-0.4, -0.2) is 15.6 Å². The van der Waals surface area contributed by atoms with Gasteiger partial charge in [-0.2, -0.15) is 0 Å². The molecule has 0 saturated heterocycles. The maximum absolute atomic E-state index is 11.5. The Hall–Kier alpha value is -1.77. The summed E-state index contributed by atoms with van der Waals surface area (Å²) in [5.41, 5.74) is 2.26. The molecule has 0 aliphatic heterocycles. The molecular weight excluding hydrogens is 226 g/mol. The molecule has 2 aromatic rings. The average molecular weight is 245 g/mol. The van der Waals surface area contributed by atoms with Crippen LogP contribution in [0, 0.1) is 6.92 Å². The number of hydrogen-bond acceptors (Lipinski definition) is 1. The van der Waals surface area contributed by atoms with Crippen molar-refractivity contribution in [1.82, 2.24) is 4.57 Å². The van der Waals surface area contributed by atoms with Gasteiger partial charge in [-0.1, -0.05) is 12.1 Å². The zero-order chi connectivity index (χ0) is 13.5. The van der Waals surface area contributed by atoms with Crippen LogP contribution in [0.15, 0.2) is 24.4 Å². The van der Waals surface area contributed by atoms with Crippen LogP contribution in [0.2, 0.25) is 0 Å². The molecule has 2 rings (SSSR count). The number of fused-ring (bicyclic) bond motifs is 1. The molecule has 0 aliphatic rings. The van der Waals surface area contributed by atoms with Gasteiger partial charge in [0.15, 0.2) is 0 Å². The second-order valence-corrected chi connectivity index (χ2v) is 5.23. The van der Waals surface area contributed by atoms with E-state index in [4.69, 9.17) is 0 Å². The van der Waals surface area contributed by atoms with Gasteiger partial charge >= 0.3 is 5.97 Å². The Labute approximate surface area is 107 Å². The molecule has 0 radical (unpaired) electrons. The van der Waals surface area contributed by atoms with Crippen LogP contribution in [0.4, 0.5) is 0 Å². The van der Waals surface area contributed by atoms with Gasteiger partial charge in [-0.25, -0.2) is 0 Å². The Balaban J connectivity index is 2.84. The van der Waals surface area contributed by atoms with E-state index in [0.717, 1.165) is 28.6 Å². The fourth-order valence-corrected chi connectivity index (χ4v) is 2.38. The third-order valence-corrected chi connectivity index (χ3v) is 3.66. The van der Waals surface area contributed by atoms with E-state index in [1.807, 2.05) is 31.3 Å². The van der Waals surface area contributed by atoms with Gasteiger partial charge in [0.1, 0.15) is 0 Å². The number of aliphatic carboxylic acids is 1. The molecule has 0 aliphatic carbocycles. The molecule has 1 aromatic heterocycles. The van der Waals surface area contributed by atoms with Gasteiger partial charge in [0.2, 0.25) is 0 Å². The maximum atomic E-state index is 11.5. The molecular formula is C15H19NO2. The lowest BCUT2D eigenvalue weighted by molar-refractivity contribution is -0.142. The second kappa shape index (κ2) is 4.16. The van der Waals surface area contributed by atoms with E-state index in [2.05, 4.69) is 11.5 Å². The predicted molar refractivity (Wildman–Crippen MR) is 73.0 cm³/mol. The van der Waals surface area contributed by atoms with Crippen molar-refractivity contribution in [2.45, 2.75) is 39.7 Å². The van der Waals surface area contributed by atoms with Gasteiger partial charge in [-0.15, -0.1) is 0 Å². The van der Waals surface area contributed by atoms with Crippen LogP contribution in [0.1, 0.15) is 31.9 Å². The highest BCUT2D eigenvalue weighted by Crippen LogP contribution is 2.34. The Morgan fingerprint density at radius 2 is 2.06 bits per heavy atom. The normalized spacial score (nSPS) is 12.0. The van der Waals surface area contributed by atoms with Crippen molar-refractivity contribution in [1.29, 1.82) is 0 Å². The minimum absolute atomic E-state index is 0.791. The highest BCUT2D eigenvalue weighted by atomic mass is 16.4. The maximum Gasteiger partial charge on any atom is 0.313 e. The molecule has 3 nitrogen and oxygen atoms in total. The Morgan fingerprint density at radius 3 is 2.61 bits per heavy atom. The summed E-state index contributed by atoms with van der Waals surface area (Å²) in [5, 5.41) is 10.5. The van der Waals surface area contributed by atoms with Crippen LogP contribution in [-0.2, 0) is 16.8 Å². The molecule has 0 amide bonds. The number of aromatic nitrogens is 1. The summed E-state index contributed by atoms with van der Waals surface area (Å²) in [6.45, 7) is 8.46. The summed E-state index contributed by atoms with van der Waals surface area (Å²) in [7, 11) is 0. The van der Waals surface area contributed by atoms with E-state index in [-0.39, 0.29) is 0 Å². The van der Waals surface area contributed by atoms with Crippen LogP contribution < -0.4 is 0 Å². The first-order chi connectivity index (χ1) is 8.39. The fourth-order valence-electron chi connectivity index (χ4n) is 2.38. The Morgan fingerprint density at radius 1 is 1.39 bits per heavy atom. The smallest absolute Gasteiger partial charge is 0.313 e. The predicted octanol–water partition coefficient (Wildman–Crippen LogP) is 3.33. The molecule has 0 spiro atoms. The zero-order valence-corrected chi connectivity index (χ0v) is 11.3. The summed E-state index contributed by atoms with van der Waals surface area (Å²) < 4.78 is 2.11. The number of carboxylic acid groups (broad SMARTS) is 1. The number of benzene rings is 1. The molecule has 18 heavy (non-hydrogen) atoms. The largest absolute Gasteiger partial charge is 0.481 e. The summed E-state index contributed by atoms with van der Waals surface area (Å²) in [4.78, 5) is 11.5. The molecule has 3 heteroatoms. The standard InChI is InChI=1S/C15H19NO2/c1-5-16-9-11(15(3,4)14(17)18)13-10(2)7-6-8-12(13)16/h6-9H,5H2,1-4H3,(H,17,18). The molecule has 0 bridgehead atoms. The quantitative estimate of drug-likeness (QED) is 0.901. The lowest BCUT2D eigenvalue weighted by Crippen LogP contribution is -2.28. The first kappa shape index (κ1) is 12.7. The monoisotopic (exact) mass is 245 g/mol. The van der Waals surface area contributed by atoms with E-state index in [1.54, 1.807) is 13.8 Å². The Bertz CT molecular complexity index is 608.